The molecule has 0 bridgehead atoms. The van der Waals surface area contributed by atoms with Gasteiger partial charge < -0.3 is 0 Å². The van der Waals surface area contributed by atoms with Crippen molar-refractivity contribution >= 4 is 0 Å². The highest BCUT2D eigenvalue weighted by Crippen LogP contribution is 2.27. The molecule has 200 valence electrons. The molecule has 0 saturated carbocycles. The number of nitrogens with zero attached hydrogens (tertiary/aromatic N) is 1. The first-order chi connectivity index (χ1) is 16.7. The van der Waals surface area contributed by atoms with Gasteiger partial charge in [0.2, 0.25) is 0 Å². The molecule has 0 aliphatic rings. The smallest absolute Gasteiger partial charge is 0.247 e. The molecule has 0 radical (unpaired) electrons. The van der Waals surface area contributed by atoms with Crippen LogP contribution in [0, 0.1) is 0 Å². The maximum absolute atomic E-state index is 3.63. The number of unbranched alkanes of at least 4 members (excludes halogenated alkanes) is 18. The lowest BCUT2D eigenvalue weighted by molar-refractivity contribution is -0.726. The summed E-state index contributed by atoms with van der Waals surface area (Å²) >= 11 is 0. The highest BCUT2D eigenvalue weighted by molar-refractivity contribution is 4.90. The van der Waals surface area contributed by atoms with Gasteiger partial charge in [-0.3, -0.25) is 0 Å². The van der Waals surface area contributed by atoms with Gasteiger partial charge in [-0.05, 0) is 26.2 Å². The highest BCUT2D eigenvalue weighted by atomic mass is 15.1. The molecule has 34 heavy (non-hydrogen) atoms. The van der Waals surface area contributed by atoms with Gasteiger partial charge >= 0.3 is 0 Å². The van der Waals surface area contributed by atoms with E-state index in [2.05, 4.69) is 49.6 Å². The van der Waals surface area contributed by atoms with Crippen molar-refractivity contribution in [3.63, 3.8) is 0 Å². The summed E-state index contributed by atoms with van der Waals surface area (Å²) in [7, 11) is 0. The molecule has 1 aromatic rings. The molecule has 0 aliphatic heterocycles. The predicted octanol–water partition coefficient (Wildman–Crippen LogP) is 11.0. The second-order valence-electron chi connectivity index (χ2n) is 11.1. The standard InChI is InChI=1S/C32H62N2/c1-5-8-10-12-13-14-15-16-17-18-19-20-21-22-23-25-27-31(26-24-11-9-6-2)32-33-28-29-34(32)30(4)7-3/h28-31H,5-27H2,1-4H3/p+1. The lowest BCUT2D eigenvalue weighted by atomic mass is 9.93. The van der Waals surface area contributed by atoms with Crippen LogP contribution in [0.15, 0.2) is 12.4 Å². The average Bonchev–Trinajstić information content (AvgIpc) is 3.34. The van der Waals surface area contributed by atoms with E-state index in [4.69, 9.17) is 0 Å². The van der Waals surface area contributed by atoms with E-state index in [9.17, 15) is 0 Å². The van der Waals surface area contributed by atoms with Gasteiger partial charge in [0.05, 0.1) is 12.0 Å². The number of nitrogens with one attached hydrogen (secondary N) is 1. The van der Waals surface area contributed by atoms with Crippen LogP contribution < -0.4 is 4.57 Å². The molecule has 2 unspecified atom stereocenters. The Bertz CT molecular complexity index is 535. The largest absolute Gasteiger partial charge is 0.257 e. The van der Waals surface area contributed by atoms with Gasteiger partial charge in [-0.1, -0.05) is 149 Å². The van der Waals surface area contributed by atoms with Gasteiger partial charge in [-0.2, -0.15) is 0 Å². The van der Waals surface area contributed by atoms with Crippen LogP contribution in [0.2, 0.25) is 0 Å². The van der Waals surface area contributed by atoms with E-state index >= 15 is 0 Å². The van der Waals surface area contributed by atoms with Crippen molar-refractivity contribution in [1.29, 1.82) is 0 Å². The molecule has 2 nitrogen and oxygen atoms in total. The molecule has 2 heteroatoms. The topological polar surface area (TPSA) is 19.7 Å². The van der Waals surface area contributed by atoms with Crippen molar-refractivity contribution in [1.82, 2.24) is 4.98 Å². The van der Waals surface area contributed by atoms with Gasteiger partial charge in [0.25, 0.3) is 5.82 Å². The third-order valence-corrected chi connectivity index (χ3v) is 8.01. The average molecular weight is 476 g/mol. The fraction of sp³-hybridized carbons (Fsp3) is 0.906. The quantitative estimate of drug-likeness (QED) is 0.107. The van der Waals surface area contributed by atoms with Crippen LogP contribution in [0.1, 0.15) is 193 Å². The van der Waals surface area contributed by atoms with Crippen molar-refractivity contribution in [3.05, 3.63) is 18.2 Å². The zero-order valence-corrected chi connectivity index (χ0v) is 24.0. The van der Waals surface area contributed by atoms with E-state index in [0.29, 0.717) is 12.0 Å². The zero-order chi connectivity index (χ0) is 24.7. The third-order valence-electron chi connectivity index (χ3n) is 8.01. The molecule has 2 atom stereocenters. The SMILES string of the molecule is CCCCCCCCCCCCCCCCCCC(CCCCCC)c1[nH]cc[n+]1C(C)CC. The Morgan fingerprint density at radius 1 is 0.588 bits per heavy atom. The Morgan fingerprint density at radius 3 is 1.38 bits per heavy atom. The summed E-state index contributed by atoms with van der Waals surface area (Å²) in [5.41, 5.74) is 0. The maximum atomic E-state index is 3.63. The molecule has 0 aliphatic carbocycles. The van der Waals surface area contributed by atoms with Crippen molar-refractivity contribution < 1.29 is 4.57 Å². The second-order valence-corrected chi connectivity index (χ2v) is 11.1. The number of aromatic nitrogens is 2. The minimum Gasteiger partial charge on any atom is -0.247 e. The molecule has 0 amide bonds. The van der Waals surface area contributed by atoms with E-state index < -0.39 is 0 Å². The summed E-state index contributed by atoms with van der Waals surface area (Å²) in [6.45, 7) is 9.29. The van der Waals surface area contributed by atoms with Crippen molar-refractivity contribution in [2.45, 2.75) is 187 Å². The summed E-state index contributed by atoms with van der Waals surface area (Å²) in [5, 5.41) is 0. The van der Waals surface area contributed by atoms with Gasteiger partial charge in [0.15, 0.2) is 0 Å². The third kappa shape index (κ3) is 15.3. The molecule has 0 aromatic carbocycles. The lowest BCUT2D eigenvalue weighted by Gasteiger charge is -2.16. The van der Waals surface area contributed by atoms with Crippen molar-refractivity contribution in [2.75, 3.05) is 0 Å². The summed E-state index contributed by atoms with van der Waals surface area (Å²) in [6.07, 6.45) is 37.1. The Labute approximate surface area is 215 Å². The van der Waals surface area contributed by atoms with Gasteiger partial charge in [0, 0.05) is 0 Å². The predicted molar refractivity (Wildman–Crippen MR) is 152 cm³/mol. The van der Waals surface area contributed by atoms with Crippen molar-refractivity contribution in [2.24, 2.45) is 0 Å². The van der Waals surface area contributed by atoms with E-state index in [-0.39, 0.29) is 0 Å². The van der Waals surface area contributed by atoms with Crippen LogP contribution >= 0.6 is 0 Å². The van der Waals surface area contributed by atoms with Gasteiger partial charge in [0.1, 0.15) is 12.4 Å². The molecule has 1 N–H and O–H groups in total. The molecular weight excluding hydrogens is 412 g/mol. The van der Waals surface area contributed by atoms with Crippen LogP contribution in [-0.4, -0.2) is 4.98 Å². The van der Waals surface area contributed by atoms with Crippen molar-refractivity contribution in [3.8, 4) is 0 Å². The number of H-pyrrole nitrogens is 1. The van der Waals surface area contributed by atoms with Gasteiger partial charge in [-0.25, -0.2) is 9.55 Å². The van der Waals surface area contributed by atoms with E-state index in [1.807, 2.05) is 0 Å². The Morgan fingerprint density at radius 2 is 0.971 bits per heavy atom. The van der Waals surface area contributed by atoms with Crippen LogP contribution in [0.3, 0.4) is 0 Å². The Balaban J connectivity index is 2.12. The summed E-state index contributed by atoms with van der Waals surface area (Å²) in [6, 6.07) is 0.602. The summed E-state index contributed by atoms with van der Waals surface area (Å²) in [4.78, 5) is 3.63. The Kier molecular flexibility index (Phi) is 20.8. The normalized spacial score (nSPS) is 13.4. The number of hydrogen-bond acceptors (Lipinski definition) is 0. The number of rotatable bonds is 25. The molecular formula is C32H63N2+. The van der Waals surface area contributed by atoms with Gasteiger partial charge in [-0.15, -0.1) is 0 Å². The fourth-order valence-corrected chi connectivity index (χ4v) is 5.44. The molecule has 0 spiro atoms. The van der Waals surface area contributed by atoms with E-state index in [0.717, 1.165) is 0 Å². The first kappa shape index (κ1) is 31.2. The minimum absolute atomic E-state index is 0.602. The van der Waals surface area contributed by atoms with Crippen LogP contribution in [-0.2, 0) is 0 Å². The molecule has 1 heterocycles. The first-order valence-electron chi connectivity index (χ1n) is 15.8. The van der Waals surface area contributed by atoms with Crippen LogP contribution in [0.25, 0.3) is 0 Å². The number of aromatic amines is 1. The molecule has 1 aromatic heterocycles. The van der Waals surface area contributed by atoms with Crippen LogP contribution in [0.4, 0.5) is 0 Å². The lowest BCUT2D eigenvalue weighted by Crippen LogP contribution is -2.40. The summed E-state index contributed by atoms with van der Waals surface area (Å²) in [5.74, 6) is 2.21. The molecule has 0 fully saturated rings. The maximum Gasteiger partial charge on any atom is 0.257 e. The fourth-order valence-electron chi connectivity index (χ4n) is 5.44. The highest BCUT2D eigenvalue weighted by Gasteiger charge is 2.24. The minimum atomic E-state index is 0.602. The second kappa shape index (κ2) is 22.7. The Hall–Kier alpha value is -0.790. The number of hydrogen-bond donors (Lipinski definition) is 1. The van der Waals surface area contributed by atoms with Crippen LogP contribution in [0.5, 0.6) is 0 Å². The molecule has 1 rings (SSSR count). The van der Waals surface area contributed by atoms with E-state index in [1.54, 1.807) is 0 Å². The van der Waals surface area contributed by atoms with E-state index in [1.165, 1.54) is 154 Å². The summed E-state index contributed by atoms with van der Waals surface area (Å²) < 4.78 is 2.52. The monoisotopic (exact) mass is 475 g/mol. The molecule has 0 saturated heterocycles. The zero-order valence-electron chi connectivity index (χ0n) is 24.0. The number of imidazole rings is 1. The first-order valence-corrected chi connectivity index (χ1v) is 15.8.